The predicted molar refractivity (Wildman–Crippen MR) is 152 cm³/mol. The highest BCUT2D eigenvalue weighted by molar-refractivity contribution is 5.98. The molecule has 0 radical (unpaired) electrons. The smallest absolute Gasteiger partial charge is 0.239 e. The molecular formula is C31H34FN5O3. The molecule has 2 aromatic carbocycles. The highest BCUT2D eigenvalue weighted by Crippen LogP contribution is 2.35. The number of hydrogen-bond acceptors (Lipinski definition) is 7. The molecule has 2 fully saturated rings. The van der Waals surface area contributed by atoms with Gasteiger partial charge in [0.05, 0.1) is 30.8 Å². The predicted octanol–water partition coefficient (Wildman–Crippen LogP) is 5.75. The summed E-state index contributed by atoms with van der Waals surface area (Å²) < 4.78 is 27.0. The molecule has 1 aliphatic heterocycles. The number of Topliss-reactive ketones (excluding diaryl/α,β-unsaturated/α-hetero) is 1. The lowest BCUT2D eigenvalue weighted by molar-refractivity contribution is 0.0378. The molecule has 1 aliphatic carbocycles. The van der Waals surface area contributed by atoms with Crippen LogP contribution in [0.3, 0.4) is 0 Å². The molecule has 0 bridgehead atoms. The minimum atomic E-state index is -0.379. The van der Waals surface area contributed by atoms with Crippen LogP contribution in [0, 0.1) is 18.7 Å². The van der Waals surface area contributed by atoms with Crippen LogP contribution in [0.1, 0.15) is 41.6 Å². The number of halogens is 1. The van der Waals surface area contributed by atoms with Gasteiger partial charge in [0.15, 0.2) is 11.4 Å². The third-order valence-corrected chi connectivity index (χ3v) is 7.53. The second-order valence-electron chi connectivity index (χ2n) is 10.7. The largest absolute Gasteiger partial charge is 0.437 e. The van der Waals surface area contributed by atoms with E-state index in [1.807, 2.05) is 25.1 Å². The van der Waals surface area contributed by atoms with E-state index in [1.165, 1.54) is 12.1 Å². The first-order valence-corrected chi connectivity index (χ1v) is 14.0. The number of imidazole rings is 1. The number of fused-ring (bicyclic) bond motifs is 1. The Bertz CT molecular complexity index is 1510. The van der Waals surface area contributed by atoms with E-state index in [-0.39, 0.29) is 11.6 Å². The number of benzene rings is 2. The van der Waals surface area contributed by atoms with Crippen LogP contribution in [0.5, 0.6) is 11.6 Å². The topological polar surface area (TPSA) is 81.0 Å². The zero-order chi connectivity index (χ0) is 27.5. The van der Waals surface area contributed by atoms with Crippen molar-refractivity contribution < 1.29 is 18.7 Å². The van der Waals surface area contributed by atoms with Gasteiger partial charge in [-0.05, 0) is 62.4 Å². The molecule has 1 saturated carbocycles. The molecule has 8 nitrogen and oxygen atoms in total. The van der Waals surface area contributed by atoms with Crippen LogP contribution in [-0.2, 0) is 4.74 Å². The molecule has 40 heavy (non-hydrogen) atoms. The fourth-order valence-electron chi connectivity index (χ4n) is 5.15. The Morgan fingerprint density at radius 3 is 2.77 bits per heavy atom. The summed E-state index contributed by atoms with van der Waals surface area (Å²) in [5.41, 5.74) is 4.84. The molecule has 1 saturated heterocycles. The first-order valence-electron chi connectivity index (χ1n) is 14.0. The lowest BCUT2D eigenvalue weighted by Crippen LogP contribution is -2.37. The van der Waals surface area contributed by atoms with Crippen molar-refractivity contribution in [3.63, 3.8) is 0 Å². The molecule has 2 aliphatic rings. The van der Waals surface area contributed by atoms with E-state index in [0.29, 0.717) is 29.6 Å². The van der Waals surface area contributed by atoms with Crippen molar-refractivity contribution in [3.05, 3.63) is 71.7 Å². The number of nitrogens with one attached hydrogen (secondary N) is 1. The van der Waals surface area contributed by atoms with Gasteiger partial charge in [0.25, 0.3) is 0 Å². The number of hydrogen-bond donors (Lipinski definition) is 1. The number of nitrogens with zero attached hydrogens (tertiary/aromatic N) is 4. The molecule has 0 amide bonds. The van der Waals surface area contributed by atoms with Gasteiger partial charge in [-0.25, -0.2) is 13.9 Å². The summed E-state index contributed by atoms with van der Waals surface area (Å²) in [6.45, 7) is 7.18. The van der Waals surface area contributed by atoms with Crippen molar-refractivity contribution in [2.24, 2.45) is 5.92 Å². The molecule has 0 unspecified atom stereocenters. The monoisotopic (exact) mass is 543 g/mol. The fourth-order valence-corrected chi connectivity index (χ4v) is 5.15. The Balaban J connectivity index is 1.28. The second kappa shape index (κ2) is 11.7. The van der Waals surface area contributed by atoms with Crippen LogP contribution in [-0.4, -0.2) is 64.7 Å². The van der Waals surface area contributed by atoms with Crippen molar-refractivity contribution in [3.8, 4) is 22.9 Å². The van der Waals surface area contributed by atoms with Crippen LogP contribution < -0.4 is 10.1 Å². The maximum absolute atomic E-state index is 13.8. The number of ketones is 1. The van der Waals surface area contributed by atoms with E-state index >= 15 is 0 Å². The average molecular weight is 544 g/mol. The molecule has 9 heteroatoms. The van der Waals surface area contributed by atoms with E-state index in [2.05, 4.69) is 15.2 Å². The summed E-state index contributed by atoms with van der Waals surface area (Å²) in [7, 11) is 0. The Morgan fingerprint density at radius 1 is 1.15 bits per heavy atom. The Labute approximate surface area is 233 Å². The highest BCUT2D eigenvalue weighted by atomic mass is 19.1. The first kappa shape index (κ1) is 26.4. The van der Waals surface area contributed by atoms with Gasteiger partial charge < -0.3 is 14.8 Å². The van der Waals surface area contributed by atoms with Crippen molar-refractivity contribution in [1.29, 1.82) is 0 Å². The van der Waals surface area contributed by atoms with Crippen molar-refractivity contribution in [2.75, 3.05) is 44.7 Å². The van der Waals surface area contributed by atoms with Crippen LogP contribution in [0.25, 0.3) is 16.9 Å². The molecular weight excluding hydrogens is 509 g/mol. The van der Waals surface area contributed by atoms with Gasteiger partial charge in [-0.1, -0.05) is 18.2 Å². The number of ether oxygens (including phenoxy) is 2. The summed E-state index contributed by atoms with van der Waals surface area (Å²) in [5, 5.41) is 8.22. The number of aromatic nitrogens is 3. The van der Waals surface area contributed by atoms with E-state index < -0.39 is 0 Å². The SMILES string of the molecule is Cc1cc(-c2cnc3c(NCCCN4CCOCC4)cc(Oc4cccc(F)c4)nn23)ccc1C(=O)CC1CC1. The molecule has 1 N–H and O–H groups in total. The quantitative estimate of drug-likeness (QED) is 0.190. The van der Waals surface area contributed by atoms with Crippen molar-refractivity contribution >= 4 is 17.1 Å². The van der Waals surface area contributed by atoms with Crippen LogP contribution in [0.4, 0.5) is 10.1 Å². The molecule has 0 atom stereocenters. The minimum Gasteiger partial charge on any atom is -0.437 e. The Kier molecular flexibility index (Phi) is 7.75. The highest BCUT2D eigenvalue weighted by Gasteiger charge is 2.25. The van der Waals surface area contributed by atoms with Gasteiger partial charge in [-0.3, -0.25) is 9.69 Å². The number of anilines is 1. The third-order valence-electron chi connectivity index (χ3n) is 7.53. The standard InChI is InChI=1S/C31H34FN5O3/c1-21-16-23(8-9-26(21)29(38)17-22-6-7-22)28-20-34-31-27(33-10-3-11-36-12-14-39-15-13-36)19-30(35-37(28)31)40-25-5-2-4-24(32)18-25/h2,4-5,8-9,16,18-20,22,33H,3,6-7,10-15,17H2,1H3. The molecule has 3 heterocycles. The number of carbonyl (C=O) groups is 1. The molecule has 0 spiro atoms. The van der Waals surface area contributed by atoms with E-state index in [4.69, 9.17) is 14.6 Å². The Morgan fingerprint density at radius 2 is 2.00 bits per heavy atom. The Hall–Kier alpha value is -3.82. The van der Waals surface area contributed by atoms with Gasteiger partial charge in [0, 0.05) is 49.3 Å². The van der Waals surface area contributed by atoms with E-state index in [1.54, 1.807) is 28.9 Å². The zero-order valence-electron chi connectivity index (χ0n) is 22.7. The van der Waals surface area contributed by atoms with Gasteiger partial charge in [0.1, 0.15) is 11.6 Å². The number of morpholine rings is 1. The van der Waals surface area contributed by atoms with Crippen LogP contribution in [0.2, 0.25) is 0 Å². The maximum Gasteiger partial charge on any atom is 0.239 e. The van der Waals surface area contributed by atoms with Gasteiger partial charge >= 0.3 is 0 Å². The minimum absolute atomic E-state index is 0.206. The van der Waals surface area contributed by atoms with Crippen LogP contribution in [0.15, 0.2) is 54.7 Å². The van der Waals surface area contributed by atoms with Crippen molar-refractivity contribution in [2.45, 2.75) is 32.6 Å². The van der Waals surface area contributed by atoms with E-state index in [9.17, 15) is 9.18 Å². The summed E-state index contributed by atoms with van der Waals surface area (Å²) in [6.07, 6.45) is 5.67. The lowest BCUT2D eigenvalue weighted by atomic mass is 9.98. The molecule has 208 valence electrons. The first-order chi connectivity index (χ1) is 19.5. The van der Waals surface area contributed by atoms with Crippen molar-refractivity contribution in [1.82, 2.24) is 19.5 Å². The maximum atomic E-state index is 13.8. The summed E-state index contributed by atoms with van der Waals surface area (Å²) in [5.74, 6) is 1.06. The van der Waals surface area contributed by atoms with Crippen LogP contribution >= 0.6 is 0 Å². The number of rotatable bonds is 11. The summed E-state index contributed by atoms with van der Waals surface area (Å²) in [6, 6.07) is 13.7. The number of carbonyl (C=O) groups excluding carboxylic acids is 1. The molecule has 2 aromatic heterocycles. The van der Waals surface area contributed by atoms with Gasteiger partial charge in [0.2, 0.25) is 5.88 Å². The molecule has 4 aromatic rings. The lowest BCUT2D eigenvalue weighted by Gasteiger charge is -2.26. The number of aryl methyl sites for hydroxylation is 1. The van der Waals surface area contributed by atoms with E-state index in [0.717, 1.165) is 86.7 Å². The fraction of sp³-hybridized carbons (Fsp3) is 0.387. The molecule has 6 rings (SSSR count). The van der Waals surface area contributed by atoms with Gasteiger partial charge in [-0.2, -0.15) is 0 Å². The summed E-state index contributed by atoms with van der Waals surface area (Å²) >= 11 is 0. The second-order valence-corrected chi connectivity index (χ2v) is 10.7. The van der Waals surface area contributed by atoms with Gasteiger partial charge in [-0.15, -0.1) is 5.10 Å². The third kappa shape index (κ3) is 6.16. The normalized spacial score (nSPS) is 15.8. The zero-order valence-corrected chi connectivity index (χ0v) is 22.7. The summed E-state index contributed by atoms with van der Waals surface area (Å²) in [4.78, 5) is 19.8. The average Bonchev–Trinajstić information content (AvgIpc) is 3.66.